The van der Waals surface area contributed by atoms with Crippen LogP contribution in [0.1, 0.15) is 16.8 Å². The first-order chi connectivity index (χ1) is 17.5. The van der Waals surface area contributed by atoms with Crippen molar-refractivity contribution in [1.29, 1.82) is 0 Å². The number of aromatic nitrogens is 3. The minimum absolute atomic E-state index is 0.0573. The first-order valence-corrected chi connectivity index (χ1v) is 12.4. The zero-order chi connectivity index (χ0) is 26.8. The molecule has 2 aromatic carbocycles. The number of aryl methyl sites for hydroxylation is 1. The number of pyridine rings is 1. The summed E-state index contributed by atoms with van der Waals surface area (Å²) >= 11 is 0. The normalized spacial score (nSPS) is 11.9. The summed E-state index contributed by atoms with van der Waals surface area (Å²) in [4.78, 5) is 15.5. The largest absolute Gasteiger partial charge is 0.464 e. The molecule has 0 saturated heterocycles. The van der Waals surface area contributed by atoms with Crippen LogP contribution in [0.25, 0.3) is 16.9 Å². The molecule has 0 radical (unpaired) electrons. The third kappa shape index (κ3) is 5.64. The number of hydrogen-bond acceptors (Lipinski definition) is 5. The maximum Gasteiger partial charge on any atom is 0.435 e. The number of amides is 1. The summed E-state index contributed by atoms with van der Waals surface area (Å²) in [6.07, 6.45) is -3.28. The molecule has 192 valence electrons. The molecule has 37 heavy (non-hydrogen) atoms. The van der Waals surface area contributed by atoms with Gasteiger partial charge < -0.3 is 5.11 Å². The van der Waals surface area contributed by atoms with Crippen LogP contribution in [0.3, 0.4) is 0 Å². The highest BCUT2D eigenvalue weighted by atomic mass is 32.2. The molecule has 0 atom stereocenters. The number of alkyl halides is 3. The van der Waals surface area contributed by atoms with E-state index in [0.717, 1.165) is 16.3 Å². The SMILES string of the molecule is Cc1ccc(S(=O)(=O)N(CCc2ccc(-n3nc(C(F)(F)F)cc3-c3ccncc3)cc2)C(=O)O)cc1. The summed E-state index contributed by atoms with van der Waals surface area (Å²) < 4.78 is 67.3. The molecule has 0 bridgehead atoms. The lowest BCUT2D eigenvalue weighted by Crippen LogP contribution is -2.37. The molecular formula is C25H21F3N4O4S. The predicted molar refractivity (Wildman–Crippen MR) is 129 cm³/mol. The minimum atomic E-state index is -4.64. The summed E-state index contributed by atoms with van der Waals surface area (Å²) in [5.41, 5.74) is 1.40. The molecule has 12 heteroatoms. The molecule has 0 aliphatic carbocycles. The fourth-order valence-electron chi connectivity index (χ4n) is 3.64. The average Bonchev–Trinajstić information content (AvgIpc) is 3.31. The van der Waals surface area contributed by atoms with Crippen LogP contribution in [-0.2, 0) is 22.6 Å². The number of sulfonamides is 1. The predicted octanol–water partition coefficient (Wildman–Crippen LogP) is 5.17. The van der Waals surface area contributed by atoms with Crippen molar-refractivity contribution in [3.8, 4) is 16.9 Å². The Morgan fingerprint density at radius 2 is 1.62 bits per heavy atom. The number of hydrogen-bond donors (Lipinski definition) is 1. The second kappa shape index (κ2) is 10.1. The molecule has 0 aliphatic rings. The Morgan fingerprint density at radius 1 is 1.00 bits per heavy atom. The van der Waals surface area contributed by atoms with Gasteiger partial charge in [-0.15, -0.1) is 0 Å². The van der Waals surface area contributed by atoms with Crippen molar-refractivity contribution in [3.05, 3.63) is 95.9 Å². The summed E-state index contributed by atoms with van der Waals surface area (Å²) in [7, 11) is -4.28. The van der Waals surface area contributed by atoms with Gasteiger partial charge in [-0.25, -0.2) is 22.2 Å². The fraction of sp³-hybridized carbons (Fsp3) is 0.160. The third-order valence-corrected chi connectivity index (χ3v) is 7.37. The molecule has 0 aliphatic heterocycles. The van der Waals surface area contributed by atoms with Gasteiger partial charge in [0.15, 0.2) is 5.69 Å². The molecular weight excluding hydrogens is 509 g/mol. The standard InChI is InChI=1S/C25H21F3N4O4S/c1-17-2-8-21(9-3-17)37(35,36)31(24(33)34)15-12-18-4-6-20(7-5-18)32-22(19-10-13-29-14-11-19)16-23(30-32)25(26,27)28/h2-11,13-14,16H,12,15H2,1H3,(H,33,34). The summed E-state index contributed by atoms with van der Waals surface area (Å²) in [6, 6.07) is 16.1. The van der Waals surface area contributed by atoms with Crippen LogP contribution >= 0.6 is 0 Å². The maximum absolute atomic E-state index is 13.4. The Kier molecular flexibility index (Phi) is 7.03. The van der Waals surface area contributed by atoms with Gasteiger partial charge in [0, 0.05) is 24.5 Å². The maximum atomic E-state index is 13.4. The van der Waals surface area contributed by atoms with Gasteiger partial charge in [-0.3, -0.25) is 4.98 Å². The highest BCUT2D eigenvalue weighted by Gasteiger charge is 2.35. The quantitative estimate of drug-likeness (QED) is 0.353. The van der Waals surface area contributed by atoms with E-state index in [1.165, 1.54) is 36.7 Å². The second-order valence-electron chi connectivity index (χ2n) is 8.15. The van der Waals surface area contributed by atoms with Gasteiger partial charge in [0.25, 0.3) is 10.0 Å². The molecule has 8 nitrogen and oxygen atoms in total. The molecule has 4 rings (SSSR count). The van der Waals surface area contributed by atoms with Gasteiger partial charge in [0.2, 0.25) is 0 Å². The van der Waals surface area contributed by atoms with E-state index in [4.69, 9.17) is 0 Å². The van der Waals surface area contributed by atoms with Crippen molar-refractivity contribution in [3.63, 3.8) is 0 Å². The fourth-order valence-corrected chi connectivity index (χ4v) is 4.91. The molecule has 0 fully saturated rings. The second-order valence-corrected chi connectivity index (χ2v) is 10.0. The van der Waals surface area contributed by atoms with Crippen molar-refractivity contribution in [2.45, 2.75) is 24.4 Å². The van der Waals surface area contributed by atoms with Crippen molar-refractivity contribution in [2.24, 2.45) is 0 Å². The Balaban J connectivity index is 1.58. The summed E-state index contributed by atoms with van der Waals surface area (Å²) in [5.74, 6) is 0. The van der Waals surface area contributed by atoms with Gasteiger partial charge in [-0.1, -0.05) is 29.8 Å². The van der Waals surface area contributed by atoms with Gasteiger partial charge in [-0.05, 0) is 61.4 Å². The van der Waals surface area contributed by atoms with E-state index in [-0.39, 0.29) is 23.6 Å². The first-order valence-electron chi connectivity index (χ1n) is 11.0. The van der Waals surface area contributed by atoms with Crippen LogP contribution in [0.5, 0.6) is 0 Å². The first kappa shape index (κ1) is 25.9. The van der Waals surface area contributed by atoms with E-state index >= 15 is 0 Å². The Morgan fingerprint density at radius 3 is 2.19 bits per heavy atom. The van der Waals surface area contributed by atoms with Gasteiger partial charge in [0.1, 0.15) is 0 Å². The number of nitrogens with zero attached hydrogens (tertiary/aromatic N) is 4. The van der Waals surface area contributed by atoms with Crippen LogP contribution < -0.4 is 0 Å². The Labute approximate surface area is 210 Å². The molecule has 2 aromatic heterocycles. The van der Waals surface area contributed by atoms with Gasteiger partial charge >= 0.3 is 12.3 Å². The van der Waals surface area contributed by atoms with Crippen LogP contribution in [0, 0.1) is 6.92 Å². The molecule has 2 heterocycles. The number of carboxylic acid groups (broad SMARTS) is 1. The number of rotatable bonds is 7. The molecule has 0 spiro atoms. The van der Waals surface area contributed by atoms with Crippen LogP contribution in [0.2, 0.25) is 0 Å². The zero-order valence-electron chi connectivity index (χ0n) is 19.4. The smallest absolute Gasteiger partial charge is 0.435 e. The van der Waals surface area contributed by atoms with Gasteiger partial charge in [-0.2, -0.15) is 18.3 Å². The Bertz CT molecular complexity index is 1500. The van der Waals surface area contributed by atoms with E-state index in [2.05, 4.69) is 10.1 Å². The lowest BCUT2D eigenvalue weighted by atomic mass is 10.1. The van der Waals surface area contributed by atoms with E-state index in [9.17, 15) is 31.5 Å². The number of halogens is 3. The van der Waals surface area contributed by atoms with Crippen molar-refractivity contribution in [2.75, 3.05) is 6.54 Å². The summed E-state index contributed by atoms with van der Waals surface area (Å²) in [6.45, 7) is 1.44. The van der Waals surface area contributed by atoms with Crippen molar-refractivity contribution < 1.29 is 31.5 Å². The molecule has 4 aromatic rings. The highest BCUT2D eigenvalue weighted by Crippen LogP contribution is 2.33. The topological polar surface area (TPSA) is 105 Å². The highest BCUT2D eigenvalue weighted by molar-refractivity contribution is 7.89. The monoisotopic (exact) mass is 530 g/mol. The lowest BCUT2D eigenvalue weighted by molar-refractivity contribution is -0.141. The average molecular weight is 531 g/mol. The molecule has 1 amide bonds. The number of benzene rings is 2. The van der Waals surface area contributed by atoms with E-state index in [0.29, 0.717) is 21.1 Å². The van der Waals surface area contributed by atoms with Crippen LogP contribution in [0.4, 0.5) is 18.0 Å². The molecule has 1 N–H and O–H groups in total. The van der Waals surface area contributed by atoms with E-state index in [1.807, 2.05) is 0 Å². The zero-order valence-corrected chi connectivity index (χ0v) is 20.2. The number of carbonyl (C=O) groups is 1. The Hall–Kier alpha value is -4.19. The lowest BCUT2D eigenvalue weighted by Gasteiger charge is -2.19. The van der Waals surface area contributed by atoms with Gasteiger partial charge in [0.05, 0.1) is 16.3 Å². The van der Waals surface area contributed by atoms with E-state index < -0.39 is 28.0 Å². The third-order valence-electron chi connectivity index (χ3n) is 5.58. The van der Waals surface area contributed by atoms with E-state index in [1.54, 1.807) is 43.3 Å². The van der Waals surface area contributed by atoms with Crippen molar-refractivity contribution in [1.82, 2.24) is 19.1 Å². The van der Waals surface area contributed by atoms with Crippen molar-refractivity contribution >= 4 is 16.1 Å². The summed E-state index contributed by atoms with van der Waals surface area (Å²) in [5, 5.41) is 13.3. The minimum Gasteiger partial charge on any atom is -0.464 e. The van der Waals surface area contributed by atoms with Crippen LogP contribution in [0.15, 0.2) is 84.0 Å². The molecule has 0 unspecified atom stereocenters. The molecule has 0 saturated carbocycles. The van der Waals surface area contributed by atoms with Crippen LogP contribution in [-0.4, -0.2) is 45.2 Å².